The first-order valence-corrected chi connectivity index (χ1v) is 12.1. The van der Waals surface area contributed by atoms with Gasteiger partial charge in [-0.25, -0.2) is 13.4 Å². The number of esters is 1. The molecule has 1 N–H and O–H groups in total. The van der Waals surface area contributed by atoms with Crippen LogP contribution in [0.3, 0.4) is 0 Å². The summed E-state index contributed by atoms with van der Waals surface area (Å²) in [4.78, 5) is 28.5. The lowest BCUT2D eigenvalue weighted by Gasteiger charge is -2.30. The topological polar surface area (TPSA) is 106 Å². The SMILES string of the molecule is Cc1ccc(S(=O)(=O)N2CCC(C(=O)OCC(=O)Nc3ncc(Cl)cc3Cl)CC2)cc1C. The molecule has 11 heteroatoms. The van der Waals surface area contributed by atoms with Crippen LogP contribution in [0.15, 0.2) is 35.4 Å². The van der Waals surface area contributed by atoms with E-state index in [1.54, 1.807) is 18.2 Å². The van der Waals surface area contributed by atoms with E-state index in [4.69, 9.17) is 27.9 Å². The second kappa shape index (κ2) is 10.2. The number of halogens is 2. The number of rotatable bonds is 6. The zero-order valence-corrected chi connectivity index (χ0v) is 19.9. The van der Waals surface area contributed by atoms with Gasteiger partial charge in [-0.3, -0.25) is 9.59 Å². The van der Waals surface area contributed by atoms with E-state index < -0.39 is 34.4 Å². The van der Waals surface area contributed by atoms with E-state index in [0.717, 1.165) is 11.1 Å². The molecular formula is C21H23Cl2N3O5S. The zero-order chi connectivity index (χ0) is 23.5. The summed E-state index contributed by atoms with van der Waals surface area (Å²) < 4.78 is 32.3. The molecule has 8 nitrogen and oxygen atoms in total. The standard InChI is InChI=1S/C21H23Cl2N3O5S/c1-13-3-4-17(9-14(13)2)32(29,30)26-7-5-15(6-8-26)21(28)31-12-19(27)25-20-18(23)10-16(22)11-24-20/h3-4,9-11,15H,5-8,12H2,1-2H3,(H,24,25,27). The molecule has 2 aromatic rings. The average molecular weight is 500 g/mol. The number of anilines is 1. The normalized spacial score (nSPS) is 15.4. The van der Waals surface area contributed by atoms with Crippen molar-refractivity contribution < 1.29 is 22.7 Å². The van der Waals surface area contributed by atoms with Crippen LogP contribution in [0.25, 0.3) is 0 Å². The molecule has 0 atom stereocenters. The Morgan fingerprint density at radius 3 is 2.47 bits per heavy atom. The highest BCUT2D eigenvalue weighted by molar-refractivity contribution is 7.89. The number of aromatic nitrogens is 1. The average Bonchev–Trinajstić information content (AvgIpc) is 2.76. The third-order valence-electron chi connectivity index (χ3n) is 5.31. The predicted molar refractivity (Wildman–Crippen MR) is 121 cm³/mol. The molecule has 1 aliphatic heterocycles. The van der Waals surface area contributed by atoms with Crippen LogP contribution in [0, 0.1) is 19.8 Å². The second-order valence-corrected chi connectivity index (χ2v) is 10.3. The van der Waals surface area contributed by atoms with Crippen LogP contribution in [-0.2, 0) is 24.3 Å². The Kier molecular flexibility index (Phi) is 7.76. The lowest BCUT2D eigenvalue weighted by atomic mass is 9.98. The van der Waals surface area contributed by atoms with Crippen molar-refractivity contribution in [3.63, 3.8) is 0 Å². The van der Waals surface area contributed by atoms with Crippen molar-refractivity contribution in [3.8, 4) is 0 Å². The summed E-state index contributed by atoms with van der Waals surface area (Å²) in [6.07, 6.45) is 1.96. The highest BCUT2D eigenvalue weighted by atomic mass is 35.5. The van der Waals surface area contributed by atoms with Gasteiger partial charge in [-0.05, 0) is 56.0 Å². The van der Waals surface area contributed by atoms with E-state index in [0.29, 0.717) is 17.9 Å². The fourth-order valence-corrected chi connectivity index (χ4v) is 5.27. The fourth-order valence-electron chi connectivity index (χ4n) is 3.28. The van der Waals surface area contributed by atoms with Gasteiger partial charge >= 0.3 is 5.97 Å². The van der Waals surface area contributed by atoms with Gasteiger partial charge in [0.25, 0.3) is 5.91 Å². The Hall–Kier alpha value is -2.20. The van der Waals surface area contributed by atoms with Crippen molar-refractivity contribution in [2.75, 3.05) is 25.0 Å². The molecular weight excluding hydrogens is 477 g/mol. The summed E-state index contributed by atoms with van der Waals surface area (Å²) in [6, 6.07) is 6.46. The minimum Gasteiger partial charge on any atom is -0.455 e. The maximum absolute atomic E-state index is 12.9. The summed E-state index contributed by atoms with van der Waals surface area (Å²) in [6.45, 7) is 3.69. The third-order valence-corrected chi connectivity index (χ3v) is 7.70. The molecule has 1 amide bonds. The number of aryl methyl sites for hydroxylation is 2. The molecule has 32 heavy (non-hydrogen) atoms. The van der Waals surface area contributed by atoms with Crippen LogP contribution in [0.1, 0.15) is 24.0 Å². The Balaban J connectivity index is 1.50. The molecule has 0 bridgehead atoms. The molecule has 0 radical (unpaired) electrons. The number of hydrogen-bond acceptors (Lipinski definition) is 6. The Bertz CT molecular complexity index is 1130. The van der Waals surface area contributed by atoms with Gasteiger partial charge in [-0.1, -0.05) is 29.3 Å². The maximum Gasteiger partial charge on any atom is 0.309 e. The first-order valence-electron chi connectivity index (χ1n) is 9.93. The molecule has 0 saturated carbocycles. The molecule has 3 rings (SSSR count). The summed E-state index contributed by atoms with van der Waals surface area (Å²) in [7, 11) is -3.63. The van der Waals surface area contributed by atoms with E-state index in [2.05, 4.69) is 10.3 Å². The van der Waals surface area contributed by atoms with Crippen molar-refractivity contribution in [1.29, 1.82) is 0 Å². The molecule has 0 aliphatic carbocycles. The number of sulfonamides is 1. The lowest BCUT2D eigenvalue weighted by molar-refractivity contribution is -0.152. The smallest absolute Gasteiger partial charge is 0.309 e. The first-order chi connectivity index (χ1) is 15.1. The fraction of sp³-hybridized carbons (Fsp3) is 0.381. The Morgan fingerprint density at radius 2 is 1.84 bits per heavy atom. The van der Waals surface area contributed by atoms with Crippen molar-refractivity contribution in [1.82, 2.24) is 9.29 Å². The van der Waals surface area contributed by atoms with Crippen molar-refractivity contribution >= 4 is 50.9 Å². The Morgan fingerprint density at radius 1 is 1.16 bits per heavy atom. The number of nitrogens with zero attached hydrogens (tertiary/aromatic N) is 2. The number of benzene rings is 1. The summed E-state index contributed by atoms with van der Waals surface area (Å²) in [5.41, 5.74) is 1.92. The number of hydrogen-bond donors (Lipinski definition) is 1. The molecule has 1 fully saturated rings. The van der Waals surface area contributed by atoms with E-state index in [-0.39, 0.29) is 28.8 Å². The molecule has 0 spiro atoms. The van der Waals surface area contributed by atoms with Crippen LogP contribution in [0.4, 0.5) is 5.82 Å². The van der Waals surface area contributed by atoms with E-state index in [1.807, 2.05) is 13.8 Å². The number of pyridine rings is 1. The minimum absolute atomic E-state index is 0.113. The van der Waals surface area contributed by atoms with Gasteiger partial charge < -0.3 is 10.1 Å². The Labute approximate surface area is 196 Å². The summed E-state index contributed by atoms with van der Waals surface area (Å²) in [5, 5.41) is 2.93. The van der Waals surface area contributed by atoms with Gasteiger partial charge in [0.1, 0.15) is 0 Å². The van der Waals surface area contributed by atoms with Gasteiger partial charge in [0.2, 0.25) is 10.0 Å². The molecule has 2 heterocycles. The van der Waals surface area contributed by atoms with Gasteiger partial charge in [0, 0.05) is 19.3 Å². The third kappa shape index (κ3) is 5.78. The van der Waals surface area contributed by atoms with Gasteiger partial charge in [0.15, 0.2) is 12.4 Å². The highest BCUT2D eigenvalue weighted by Crippen LogP contribution is 2.26. The molecule has 0 unspecified atom stereocenters. The number of piperidine rings is 1. The minimum atomic E-state index is -3.63. The highest BCUT2D eigenvalue weighted by Gasteiger charge is 2.33. The van der Waals surface area contributed by atoms with E-state index >= 15 is 0 Å². The van der Waals surface area contributed by atoms with Crippen molar-refractivity contribution in [2.24, 2.45) is 5.92 Å². The van der Waals surface area contributed by atoms with E-state index in [1.165, 1.54) is 16.6 Å². The van der Waals surface area contributed by atoms with Crippen LogP contribution in [-0.4, -0.2) is 49.3 Å². The summed E-state index contributed by atoms with van der Waals surface area (Å²) in [5.74, 6) is -1.50. The van der Waals surface area contributed by atoms with Crippen LogP contribution >= 0.6 is 23.2 Å². The van der Waals surface area contributed by atoms with Crippen LogP contribution in [0.5, 0.6) is 0 Å². The van der Waals surface area contributed by atoms with E-state index in [9.17, 15) is 18.0 Å². The largest absolute Gasteiger partial charge is 0.455 e. The first kappa shape index (κ1) is 24.4. The van der Waals surface area contributed by atoms with Crippen molar-refractivity contribution in [3.05, 3.63) is 51.6 Å². The van der Waals surface area contributed by atoms with Gasteiger partial charge in [-0.2, -0.15) is 4.31 Å². The number of carbonyl (C=O) groups excluding carboxylic acids is 2. The number of nitrogens with one attached hydrogen (secondary N) is 1. The molecule has 1 saturated heterocycles. The van der Waals surface area contributed by atoms with Crippen LogP contribution < -0.4 is 5.32 Å². The van der Waals surface area contributed by atoms with Crippen molar-refractivity contribution in [2.45, 2.75) is 31.6 Å². The number of ether oxygens (including phenoxy) is 1. The molecule has 1 aliphatic rings. The van der Waals surface area contributed by atoms with Crippen LogP contribution in [0.2, 0.25) is 10.0 Å². The number of amides is 1. The molecule has 1 aromatic heterocycles. The molecule has 172 valence electrons. The zero-order valence-electron chi connectivity index (χ0n) is 17.6. The predicted octanol–water partition coefficient (Wildman–Crippen LogP) is 3.59. The second-order valence-electron chi connectivity index (χ2n) is 7.56. The monoisotopic (exact) mass is 499 g/mol. The van der Waals surface area contributed by atoms with Gasteiger partial charge in [0.05, 0.1) is 20.9 Å². The maximum atomic E-state index is 12.9. The molecule has 1 aromatic carbocycles. The van der Waals surface area contributed by atoms with Gasteiger partial charge in [-0.15, -0.1) is 0 Å². The lowest BCUT2D eigenvalue weighted by Crippen LogP contribution is -2.41. The summed E-state index contributed by atoms with van der Waals surface area (Å²) >= 11 is 11.7. The quantitative estimate of drug-likeness (QED) is 0.608. The number of carbonyl (C=O) groups is 2.